The van der Waals surface area contributed by atoms with Crippen molar-refractivity contribution in [2.45, 2.75) is 0 Å². The van der Waals surface area contributed by atoms with Gasteiger partial charge < -0.3 is 29.4 Å². The summed E-state index contributed by atoms with van der Waals surface area (Å²) in [6.07, 6.45) is -1.03. The normalized spacial score (nSPS) is 26.4. The number of hydrogen-bond acceptors (Lipinski definition) is 8. The predicted molar refractivity (Wildman–Crippen MR) is 118 cm³/mol. The molecule has 3 aliphatic rings. The molecule has 0 aromatic rings. The van der Waals surface area contributed by atoms with Crippen molar-refractivity contribution in [3.63, 3.8) is 0 Å². The van der Waals surface area contributed by atoms with Gasteiger partial charge in [0.2, 0.25) is 0 Å². The maximum Gasteiger partial charge on any atom is 0.339 e. The Morgan fingerprint density at radius 3 is 0.758 bits per heavy atom. The fraction of sp³-hybridized carbons (Fsp3) is 1.00. The molecule has 0 unspecified atom stereocenters. The molecule has 6 N–H and O–H groups in total. The van der Waals surface area contributed by atoms with Crippen LogP contribution in [0.2, 0.25) is 0 Å². The second-order valence-electron chi connectivity index (χ2n) is 8.46. The molecule has 0 aromatic carbocycles. The van der Waals surface area contributed by atoms with Crippen LogP contribution >= 0.6 is 22.8 Å². The maximum absolute atomic E-state index is 11.6. The zero-order valence-electron chi connectivity index (χ0n) is 18.4. The minimum Gasteiger partial charge on any atom is -0.324 e. The number of fused-ring (bicyclic) bond motifs is 12. The molecule has 3 fully saturated rings. The molecule has 0 aromatic heterocycles. The summed E-state index contributed by atoms with van der Waals surface area (Å²) >= 11 is 0. The fourth-order valence-electron chi connectivity index (χ4n) is 3.91. The van der Waals surface area contributed by atoms with E-state index in [1.54, 1.807) is 14.7 Å². The Morgan fingerprint density at radius 1 is 0.424 bits per heavy atom. The average molecular weight is 686 g/mol. The van der Waals surface area contributed by atoms with E-state index in [-0.39, 0.29) is 57.0 Å². The van der Waals surface area contributed by atoms with Gasteiger partial charge in [-0.15, -0.1) is 0 Å². The SMILES string of the molecule is O=P(O)(O)CN1CCN2CCN(CP(=O)(O)O)CCN(CC1)CCN(CP(=O)(O)O)CC2.[Dy]. The largest absolute Gasteiger partial charge is 0.339 e. The van der Waals surface area contributed by atoms with Gasteiger partial charge in [-0.3, -0.25) is 38.2 Å². The standard InChI is InChI=1S/C15H36N5O9P3.Dy/c21-30(22,23)13-18-7-1-16-2-8-19(14-31(24,25)26)11-5-17(4-10-18)6-12-20(9-3-16)15-32(27,28)29;/h1-15H2,(H2,21,22,23)(H2,24,25,26)(H2,27,28,29);. The smallest absolute Gasteiger partial charge is 0.324 e. The second kappa shape index (κ2) is 14.5. The van der Waals surface area contributed by atoms with Crippen molar-refractivity contribution in [1.82, 2.24) is 24.5 Å². The van der Waals surface area contributed by atoms with Gasteiger partial charge in [-0.05, 0) is 0 Å². The van der Waals surface area contributed by atoms with Crippen molar-refractivity contribution in [3.8, 4) is 0 Å². The monoisotopic (exact) mass is 687 g/mol. The van der Waals surface area contributed by atoms with E-state index in [1.165, 1.54) is 0 Å². The van der Waals surface area contributed by atoms with E-state index in [2.05, 4.69) is 0 Å². The second-order valence-corrected chi connectivity index (χ2v) is 13.3. The van der Waals surface area contributed by atoms with E-state index in [0.717, 1.165) is 0 Å². The van der Waals surface area contributed by atoms with Crippen LogP contribution in [0, 0.1) is 38.2 Å². The Balaban J connectivity index is 0.00000544. The molecule has 3 rings (SSSR count). The molecule has 0 saturated carbocycles. The van der Waals surface area contributed by atoms with Gasteiger partial charge in [-0.25, -0.2) is 0 Å². The summed E-state index contributed by atoms with van der Waals surface area (Å²) < 4.78 is 34.7. The van der Waals surface area contributed by atoms with Crippen LogP contribution in [-0.4, -0.2) is 151 Å². The van der Waals surface area contributed by atoms with Crippen LogP contribution < -0.4 is 0 Å². The van der Waals surface area contributed by atoms with E-state index in [1.807, 2.05) is 9.80 Å². The molecular formula is C15H36DyN5O9P3. The molecule has 14 nitrogen and oxygen atoms in total. The summed E-state index contributed by atoms with van der Waals surface area (Å²) in [5, 5.41) is 0. The van der Waals surface area contributed by atoms with Gasteiger partial charge in [0, 0.05) is 117 Å². The minimum atomic E-state index is -4.23. The Morgan fingerprint density at radius 2 is 0.606 bits per heavy atom. The van der Waals surface area contributed by atoms with Gasteiger partial charge in [0.15, 0.2) is 0 Å². The van der Waals surface area contributed by atoms with Gasteiger partial charge in [0.05, 0.1) is 0 Å². The van der Waals surface area contributed by atoms with Gasteiger partial charge in [0.25, 0.3) is 0 Å². The summed E-state index contributed by atoms with van der Waals surface area (Å²) in [7, 11) is -12.7. The molecular weight excluding hydrogens is 650 g/mol. The molecule has 0 atom stereocenters. The molecule has 0 spiro atoms. The van der Waals surface area contributed by atoms with E-state index in [0.29, 0.717) is 78.5 Å². The number of nitrogens with zero attached hydrogens (tertiary/aromatic N) is 5. The quantitative estimate of drug-likeness (QED) is 0.167. The molecule has 0 amide bonds. The zero-order chi connectivity index (χ0) is 24.0. The molecule has 3 heterocycles. The first-order chi connectivity index (χ1) is 14.7. The van der Waals surface area contributed by atoms with Crippen LogP contribution in [0.3, 0.4) is 0 Å². The van der Waals surface area contributed by atoms with E-state index in [4.69, 9.17) is 0 Å². The minimum absolute atomic E-state index is 0. The van der Waals surface area contributed by atoms with Crippen LogP contribution in [0.5, 0.6) is 0 Å². The first-order valence-corrected chi connectivity index (χ1v) is 15.8. The Kier molecular flexibility index (Phi) is 14.3. The third kappa shape index (κ3) is 15.4. The van der Waals surface area contributed by atoms with Crippen LogP contribution in [0.1, 0.15) is 0 Å². The first-order valence-electron chi connectivity index (χ1n) is 10.4. The van der Waals surface area contributed by atoms with Crippen molar-refractivity contribution >= 4 is 22.8 Å². The van der Waals surface area contributed by atoms with Crippen LogP contribution in [0.15, 0.2) is 0 Å². The molecule has 200 valence electrons. The van der Waals surface area contributed by atoms with Gasteiger partial charge >= 0.3 is 22.8 Å². The number of hydrogen-bond donors (Lipinski definition) is 6. The van der Waals surface area contributed by atoms with Crippen LogP contribution in [-0.2, 0) is 13.7 Å². The molecule has 3 saturated heterocycles. The molecule has 2 bridgehead atoms. The van der Waals surface area contributed by atoms with Gasteiger partial charge in [0.1, 0.15) is 18.9 Å². The van der Waals surface area contributed by atoms with Crippen molar-refractivity contribution in [3.05, 3.63) is 0 Å². The Labute approximate surface area is 224 Å². The third-order valence-electron chi connectivity index (χ3n) is 5.55. The maximum atomic E-state index is 11.6. The molecule has 33 heavy (non-hydrogen) atoms. The summed E-state index contributed by atoms with van der Waals surface area (Å²) in [4.78, 5) is 65.8. The predicted octanol–water partition coefficient (Wildman–Crippen LogP) is -2.07. The van der Waals surface area contributed by atoms with Gasteiger partial charge in [-0.1, -0.05) is 0 Å². The van der Waals surface area contributed by atoms with Crippen molar-refractivity contribution < 1.29 is 81.2 Å². The fourth-order valence-corrected chi connectivity index (χ4v) is 6.32. The summed E-state index contributed by atoms with van der Waals surface area (Å²) in [6.45, 7) is 5.19. The van der Waals surface area contributed by atoms with Crippen LogP contribution in [0.4, 0.5) is 0 Å². The third-order valence-corrected chi connectivity index (χ3v) is 7.85. The van der Waals surface area contributed by atoms with Crippen molar-refractivity contribution in [1.29, 1.82) is 0 Å². The van der Waals surface area contributed by atoms with Gasteiger partial charge in [-0.2, -0.15) is 0 Å². The summed E-state index contributed by atoms with van der Waals surface area (Å²) in [6, 6.07) is 0. The molecule has 0 aliphatic carbocycles. The van der Waals surface area contributed by atoms with Crippen molar-refractivity contribution in [2.75, 3.05) is 97.4 Å². The first kappa shape index (κ1) is 32.6. The summed E-state index contributed by atoms with van der Waals surface area (Å²) in [5.74, 6) is 0. The van der Waals surface area contributed by atoms with Crippen LogP contribution in [0.25, 0.3) is 0 Å². The topological polar surface area (TPSA) is 189 Å². The van der Waals surface area contributed by atoms with Crippen molar-refractivity contribution in [2.24, 2.45) is 0 Å². The van der Waals surface area contributed by atoms with E-state index < -0.39 is 22.8 Å². The average Bonchev–Trinajstić information content (AvgIpc) is 2.59. The Hall–Kier alpha value is 1.52. The van der Waals surface area contributed by atoms with E-state index >= 15 is 0 Å². The zero-order valence-corrected chi connectivity index (χ0v) is 23.1. The molecule has 3 aliphatic heterocycles. The summed E-state index contributed by atoms with van der Waals surface area (Å²) in [5.41, 5.74) is 0. The number of rotatable bonds is 6. The molecule has 0 radical (unpaired) electrons. The molecule has 18 heteroatoms. The Bertz CT molecular complexity index is 617. The van der Waals surface area contributed by atoms with E-state index in [9.17, 15) is 43.1 Å².